The summed E-state index contributed by atoms with van der Waals surface area (Å²) < 4.78 is 33.3. The summed E-state index contributed by atoms with van der Waals surface area (Å²) in [5.41, 5.74) is 0.666. The molecule has 0 aliphatic rings. The molecule has 1 amide bonds. The van der Waals surface area contributed by atoms with Crippen molar-refractivity contribution in [1.82, 2.24) is 4.72 Å². The lowest BCUT2D eigenvalue weighted by molar-refractivity contribution is -0.118. The highest BCUT2D eigenvalue weighted by atomic mass is 79.9. The van der Waals surface area contributed by atoms with Crippen molar-refractivity contribution in [3.05, 3.63) is 53.0 Å². The van der Waals surface area contributed by atoms with E-state index in [1.807, 2.05) is 19.1 Å². The third-order valence-corrected chi connectivity index (χ3v) is 5.73. The topological polar surface area (TPSA) is 84.5 Å². The van der Waals surface area contributed by atoms with Crippen LogP contribution < -0.4 is 14.8 Å². The van der Waals surface area contributed by atoms with E-state index in [0.29, 0.717) is 17.9 Å². The molecule has 0 fully saturated rings. The van der Waals surface area contributed by atoms with Gasteiger partial charge in [-0.15, -0.1) is 0 Å². The molecule has 0 aromatic heterocycles. The molecule has 26 heavy (non-hydrogen) atoms. The van der Waals surface area contributed by atoms with Crippen molar-refractivity contribution in [3.63, 3.8) is 0 Å². The van der Waals surface area contributed by atoms with Crippen molar-refractivity contribution in [2.45, 2.75) is 31.2 Å². The van der Waals surface area contributed by atoms with Crippen LogP contribution in [0.5, 0.6) is 5.75 Å². The summed E-state index contributed by atoms with van der Waals surface area (Å²) in [4.78, 5) is 12.1. The molecular formula is C18H21BrN2O4S. The predicted octanol–water partition coefficient (Wildman–Crippen LogP) is 3.54. The minimum atomic E-state index is -3.55. The number of hydrogen-bond acceptors (Lipinski definition) is 4. The van der Waals surface area contributed by atoms with Crippen molar-refractivity contribution < 1.29 is 17.9 Å². The fourth-order valence-corrected chi connectivity index (χ4v) is 3.60. The molecule has 8 heteroatoms. The number of rotatable bonds is 8. The molecule has 6 nitrogen and oxygen atoms in total. The van der Waals surface area contributed by atoms with E-state index in [1.54, 1.807) is 19.1 Å². The fourth-order valence-electron chi connectivity index (χ4n) is 2.01. The van der Waals surface area contributed by atoms with E-state index in [0.717, 1.165) is 4.47 Å². The normalized spacial score (nSPS) is 12.4. The van der Waals surface area contributed by atoms with Crippen LogP contribution in [0, 0.1) is 0 Å². The molecule has 1 unspecified atom stereocenters. The molecule has 2 aromatic rings. The van der Waals surface area contributed by atoms with Crippen molar-refractivity contribution in [2.24, 2.45) is 0 Å². The highest BCUT2D eigenvalue weighted by molar-refractivity contribution is 9.10. The SMILES string of the molecule is CCC(C)NS(=O)(=O)c1ccc(OCC(=O)Nc2ccc(Br)cc2)cc1. The second kappa shape index (κ2) is 9.16. The van der Waals surface area contributed by atoms with E-state index in [9.17, 15) is 13.2 Å². The third-order valence-electron chi connectivity index (χ3n) is 3.60. The van der Waals surface area contributed by atoms with Crippen LogP contribution in [0.2, 0.25) is 0 Å². The number of amides is 1. The van der Waals surface area contributed by atoms with Crippen LogP contribution in [0.15, 0.2) is 57.9 Å². The number of benzene rings is 2. The Balaban J connectivity index is 1.90. The zero-order valence-corrected chi connectivity index (χ0v) is 16.9. The van der Waals surface area contributed by atoms with E-state index < -0.39 is 10.0 Å². The van der Waals surface area contributed by atoms with E-state index in [2.05, 4.69) is 26.0 Å². The maximum absolute atomic E-state index is 12.2. The first-order chi connectivity index (χ1) is 12.3. The summed E-state index contributed by atoms with van der Waals surface area (Å²) >= 11 is 3.33. The molecule has 0 saturated carbocycles. The van der Waals surface area contributed by atoms with Crippen LogP contribution >= 0.6 is 15.9 Å². The summed E-state index contributed by atoms with van der Waals surface area (Å²) in [5, 5.41) is 2.71. The second-order valence-electron chi connectivity index (χ2n) is 5.75. The first-order valence-corrected chi connectivity index (χ1v) is 10.4. The second-order valence-corrected chi connectivity index (χ2v) is 8.38. The number of carbonyl (C=O) groups excluding carboxylic acids is 1. The summed E-state index contributed by atoms with van der Waals surface area (Å²) in [7, 11) is -3.55. The zero-order valence-electron chi connectivity index (χ0n) is 14.5. The van der Waals surface area contributed by atoms with Gasteiger partial charge in [-0.2, -0.15) is 0 Å². The molecule has 2 aromatic carbocycles. The molecule has 0 bridgehead atoms. The molecule has 2 N–H and O–H groups in total. The number of hydrogen-bond donors (Lipinski definition) is 2. The Morgan fingerprint density at radius 2 is 1.73 bits per heavy atom. The monoisotopic (exact) mass is 440 g/mol. The van der Waals surface area contributed by atoms with Gasteiger partial charge in [0.1, 0.15) is 5.75 Å². The van der Waals surface area contributed by atoms with Gasteiger partial charge in [0.05, 0.1) is 4.90 Å². The van der Waals surface area contributed by atoms with Crippen molar-refractivity contribution in [2.75, 3.05) is 11.9 Å². The quantitative estimate of drug-likeness (QED) is 0.657. The molecule has 0 heterocycles. The number of anilines is 1. The van der Waals surface area contributed by atoms with Gasteiger partial charge in [-0.3, -0.25) is 4.79 Å². The molecule has 2 rings (SSSR count). The van der Waals surface area contributed by atoms with E-state index in [-0.39, 0.29) is 23.5 Å². The third kappa shape index (κ3) is 6.12. The molecule has 1 atom stereocenters. The average Bonchev–Trinajstić information content (AvgIpc) is 2.62. The van der Waals surface area contributed by atoms with Crippen molar-refractivity contribution in [1.29, 1.82) is 0 Å². The maximum atomic E-state index is 12.2. The average molecular weight is 441 g/mol. The van der Waals surface area contributed by atoms with Crippen LogP contribution in [-0.2, 0) is 14.8 Å². The smallest absolute Gasteiger partial charge is 0.262 e. The molecule has 140 valence electrons. The van der Waals surface area contributed by atoms with Crippen LogP contribution in [0.1, 0.15) is 20.3 Å². The number of halogens is 1. The highest BCUT2D eigenvalue weighted by Crippen LogP contribution is 2.17. The van der Waals surface area contributed by atoms with Gasteiger partial charge in [-0.1, -0.05) is 22.9 Å². The Morgan fingerprint density at radius 3 is 2.31 bits per heavy atom. The Kier molecular flexibility index (Phi) is 7.19. The van der Waals surface area contributed by atoms with Gasteiger partial charge < -0.3 is 10.1 Å². The predicted molar refractivity (Wildman–Crippen MR) is 105 cm³/mol. The fraction of sp³-hybridized carbons (Fsp3) is 0.278. The summed E-state index contributed by atoms with van der Waals surface area (Å²) in [6.07, 6.45) is 0.702. The Hall–Kier alpha value is -1.90. The Morgan fingerprint density at radius 1 is 1.12 bits per heavy atom. The lowest BCUT2D eigenvalue weighted by Gasteiger charge is -2.12. The number of carbonyl (C=O) groups is 1. The molecular weight excluding hydrogens is 420 g/mol. The summed E-state index contributed by atoms with van der Waals surface area (Å²) in [6, 6.07) is 13.0. The van der Waals surface area contributed by atoms with Gasteiger partial charge in [-0.25, -0.2) is 13.1 Å². The van der Waals surface area contributed by atoms with Crippen LogP contribution in [0.3, 0.4) is 0 Å². The van der Waals surface area contributed by atoms with E-state index in [4.69, 9.17) is 4.74 Å². The van der Waals surface area contributed by atoms with Gasteiger partial charge in [0, 0.05) is 16.2 Å². The minimum absolute atomic E-state index is 0.141. The summed E-state index contributed by atoms with van der Waals surface area (Å²) in [5.74, 6) is 0.112. The molecule has 0 saturated heterocycles. The van der Waals surface area contributed by atoms with Crippen LogP contribution in [0.4, 0.5) is 5.69 Å². The Bertz CT molecular complexity index is 836. The van der Waals surface area contributed by atoms with Gasteiger partial charge in [0.15, 0.2) is 6.61 Å². The van der Waals surface area contributed by atoms with Gasteiger partial charge in [0.2, 0.25) is 10.0 Å². The van der Waals surface area contributed by atoms with Crippen LogP contribution in [-0.4, -0.2) is 27.0 Å². The molecule has 0 radical (unpaired) electrons. The standard InChI is InChI=1S/C18H21BrN2O4S/c1-3-13(2)21-26(23,24)17-10-8-16(9-11-17)25-12-18(22)20-15-6-4-14(19)5-7-15/h4-11,13,21H,3,12H2,1-2H3,(H,20,22). The highest BCUT2D eigenvalue weighted by Gasteiger charge is 2.16. The molecule has 0 spiro atoms. The zero-order chi connectivity index (χ0) is 19.2. The summed E-state index contributed by atoms with van der Waals surface area (Å²) in [6.45, 7) is 3.54. The first kappa shape index (κ1) is 20.4. The number of sulfonamides is 1. The molecule has 0 aliphatic carbocycles. The van der Waals surface area contributed by atoms with Gasteiger partial charge >= 0.3 is 0 Å². The lowest BCUT2D eigenvalue weighted by Crippen LogP contribution is -2.31. The first-order valence-electron chi connectivity index (χ1n) is 8.11. The largest absolute Gasteiger partial charge is 0.484 e. The van der Waals surface area contributed by atoms with Gasteiger partial charge in [-0.05, 0) is 61.9 Å². The van der Waals surface area contributed by atoms with E-state index >= 15 is 0 Å². The van der Waals surface area contributed by atoms with Crippen molar-refractivity contribution in [3.8, 4) is 5.75 Å². The number of ether oxygens (including phenoxy) is 1. The van der Waals surface area contributed by atoms with Gasteiger partial charge in [0.25, 0.3) is 5.91 Å². The van der Waals surface area contributed by atoms with Crippen molar-refractivity contribution >= 4 is 37.5 Å². The Labute approximate surface area is 162 Å². The minimum Gasteiger partial charge on any atom is -0.484 e. The van der Waals surface area contributed by atoms with Crippen LogP contribution in [0.25, 0.3) is 0 Å². The maximum Gasteiger partial charge on any atom is 0.262 e. The lowest BCUT2D eigenvalue weighted by atomic mass is 10.3. The van der Waals surface area contributed by atoms with E-state index in [1.165, 1.54) is 24.3 Å². The molecule has 0 aliphatic heterocycles. The number of nitrogens with one attached hydrogen (secondary N) is 2.